The average molecular weight is 303 g/mol. The van der Waals surface area contributed by atoms with Crippen LogP contribution in [0.25, 0.3) is 0 Å². The molecule has 0 amide bonds. The molecule has 0 saturated carbocycles. The Bertz CT molecular complexity index is 310. The molecule has 1 aromatic carbocycles. The minimum atomic E-state index is 0.336. The summed E-state index contributed by atoms with van der Waals surface area (Å²) in [5, 5.41) is 8.90. The molecule has 1 fully saturated rings. The fourth-order valence-electron chi connectivity index (χ4n) is 1.79. The first-order valence-electron chi connectivity index (χ1n) is 4.86. The number of likely N-dealkylation sites (tertiary alicyclic amines) is 1. The van der Waals surface area contributed by atoms with Gasteiger partial charge < -0.3 is 5.11 Å². The van der Waals surface area contributed by atoms with Crippen molar-refractivity contribution < 1.29 is 5.11 Å². The molecule has 0 aliphatic carbocycles. The first-order chi connectivity index (χ1) is 6.79. The highest BCUT2D eigenvalue weighted by Gasteiger charge is 2.25. The van der Waals surface area contributed by atoms with Crippen molar-refractivity contribution in [3.05, 3.63) is 33.4 Å². The molecular weight excluding hydrogens is 289 g/mol. The number of halogens is 1. The molecule has 0 unspecified atom stereocenters. The molecule has 0 aromatic heterocycles. The molecule has 0 atom stereocenters. The summed E-state index contributed by atoms with van der Waals surface area (Å²) in [6.07, 6.45) is 0. The number of hydrogen-bond acceptors (Lipinski definition) is 2. The van der Waals surface area contributed by atoms with Crippen molar-refractivity contribution in [2.45, 2.75) is 6.54 Å². The molecule has 0 radical (unpaired) electrons. The van der Waals surface area contributed by atoms with E-state index in [4.69, 9.17) is 5.11 Å². The third kappa shape index (κ3) is 2.27. The van der Waals surface area contributed by atoms with E-state index in [2.05, 4.69) is 51.8 Å². The Hall–Kier alpha value is -0.130. The second-order valence-corrected chi connectivity index (χ2v) is 5.00. The van der Waals surface area contributed by atoms with Gasteiger partial charge in [-0.1, -0.05) is 18.2 Å². The fourth-order valence-corrected chi connectivity index (χ4v) is 2.35. The van der Waals surface area contributed by atoms with Gasteiger partial charge in [0.25, 0.3) is 0 Å². The van der Waals surface area contributed by atoms with Crippen LogP contribution in [0.4, 0.5) is 0 Å². The van der Waals surface area contributed by atoms with E-state index < -0.39 is 0 Å². The Balaban J connectivity index is 1.90. The number of rotatable bonds is 3. The SMILES string of the molecule is OCC1CN(Cc2ccccc2I)C1. The minimum Gasteiger partial charge on any atom is -0.396 e. The standard InChI is InChI=1S/C11H14INO/c12-11-4-2-1-3-10(11)7-13-5-9(6-13)8-14/h1-4,9,14H,5-8H2. The fraction of sp³-hybridized carbons (Fsp3) is 0.455. The molecule has 0 bridgehead atoms. The lowest BCUT2D eigenvalue weighted by atomic mass is 10.0. The summed E-state index contributed by atoms with van der Waals surface area (Å²) in [7, 11) is 0. The summed E-state index contributed by atoms with van der Waals surface area (Å²) >= 11 is 2.37. The summed E-state index contributed by atoms with van der Waals surface area (Å²) < 4.78 is 1.33. The van der Waals surface area contributed by atoms with E-state index in [0.717, 1.165) is 19.6 Å². The van der Waals surface area contributed by atoms with E-state index in [0.29, 0.717) is 12.5 Å². The van der Waals surface area contributed by atoms with Gasteiger partial charge in [0.15, 0.2) is 0 Å². The zero-order valence-corrected chi connectivity index (χ0v) is 10.1. The number of nitrogens with zero attached hydrogens (tertiary/aromatic N) is 1. The van der Waals surface area contributed by atoms with Crippen LogP contribution in [0.1, 0.15) is 5.56 Å². The lowest BCUT2D eigenvalue weighted by molar-refractivity contribution is 0.0477. The Labute approximate surface area is 98.1 Å². The van der Waals surface area contributed by atoms with Crippen LogP contribution < -0.4 is 0 Å². The van der Waals surface area contributed by atoms with Crippen molar-refractivity contribution >= 4 is 22.6 Å². The van der Waals surface area contributed by atoms with Crippen molar-refractivity contribution in [3.8, 4) is 0 Å². The van der Waals surface area contributed by atoms with Gasteiger partial charge >= 0.3 is 0 Å². The van der Waals surface area contributed by atoms with Gasteiger partial charge in [-0.15, -0.1) is 0 Å². The van der Waals surface area contributed by atoms with E-state index in [9.17, 15) is 0 Å². The lowest BCUT2D eigenvalue weighted by Gasteiger charge is -2.38. The molecule has 76 valence electrons. The molecule has 1 heterocycles. The molecule has 14 heavy (non-hydrogen) atoms. The number of aliphatic hydroxyl groups excluding tert-OH is 1. The van der Waals surface area contributed by atoms with Gasteiger partial charge in [0.2, 0.25) is 0 Å². The molecule has 1 aliphatic rings. The first-order valence-corrected chi connectivity index (χ1v) is 5.94. The molecule has 1 N–H and O–H groups in total. The summed E-state index contributed by atoms with van der Waals surface area (Å²) in [6, 6.07) is 8.46. The predicted octanol–water partition coefficient (Wildman–Crippen LogP) is 1.72. The van der Waals surface area contributed by atoms with E-state index in [1.165, 1.54) is 9.13 Å². The smallest absolute Gasteiger partial charge is 0.0483 e. The van der Waals surface area contributed by atoms with E-state index in [-0.39, 0.29) is 0 Å². The third-order valence-electron chi connectivity index (χ3n) is 2.64. The maximum Gasteiger partial charge on any atom is 0.0483 e. The average Bonchev–Trinajstić information content (AvgIpc) is 2.13. The van der Waals surface area contributed by atoms with E-state index in [1.807, 2.05) is 0 Å². The molecule has 3 heteroatoms. The number of benzene rings is 1. The Morgan fingerprint density at radius 3 is 2.71 bits per heavy atom. The highest BCUT2D eigenvalue weighted by molar-refractivity contribution is 14.1. The van der Waals surface area contributed by atoms with Gasteiger partial charge in [0.05, 0.1) is 0 Å². The summed E-state index contributed by atoms with van der Waals surface area (Å²) in [5.74, 6) is 0.511. The van der Waals surface area contributed by atoms with Crippen LogP contribution in [0.2, 0.25) is 0 Å². The predicted molar refractivity (Wildman–Crippen MR) is 65.0 cm³/mol. The third-order valence-corrected chi connectivity index (χ3v) is 3.70. The van der Waals surface area contributed by atoms with Crippen LogP contribution in [0, 0.1) is 9.49 Å². The normalized spacial score (nSPS) is 18.1. The highest BCUT2D eigenvalue weighted by atomic mass is 127. The number of aliphatic hydroxyl groups is 1. The van der Waals surface area contributed by atoms with Gasteiger partial charge in [-0.25, -0.2) is 0 Å². The number of hydrogen-bond donors (Lipinski definition) is 1. The van der Waals surface area contributed by atoms with Crippen molar-refractivity contribution in [1.82, 2.24) is 4.90 Å². The molecule has 2 nitrogen and oxygen atoms in total. The highest BCUT2D eigenvalue weighted by Crippen LogP contribution is 2.20. The van der Waals surface area contributed by atoms with Crippen LogP contribution in [-0.4, -0.2) is 29.7 Å². The van der Waals surface area contributed by atoms with E-state index in [1.54, 1.807) is 0 Å². The van der Waals surface area contributed by atoms with Crippen LogP contribution >= 0.6 is 22.6 Å². The first kappa shape index (κ1) is 10.4. The quantitative estimate of drug-likeness (QED) is 0.860. The Morgan fingerprint density at radius 2 is 2.07 bits per heavy atom. The monoisotopic (exact) mass is 303 g/mol. The van der Waals surface area contributed by atoms with Gasteiger partial charge in [-0.3, -0.25) is 4.90 Å². The summed E-state index contributed by atoms with van der Waals surface area (Å²) in [5.41, 5.74) is 1.39. The van der Waals surface area contributed by atoms with Crippen molar-refractivity contribution in [1.29, 1.82) is 0 Å². The van der Waals surface area contributed by atoms with Crippen LogP contribution in [-0.2, 0) is 6.54 Å². The molecule has 0 spiro atoms. The largest absolute Gasteiger partial charge is 0.396 e. The Morgan fingerprint density at radius 1 is 1.36 bits per heavy atom. The van der Waals surface area contributed by atoms with Gasteiger partial charge in [-0.05, 0) is 34.2 Å². The summed E-state index contributed by atoms with van der Waals surface area (Å²) in [6.45, 7) is 3.45. The second-order valence-electron chi connectivity index (χ2n) is 3.83. The zero-order chi connectivity index (χ0) is 9.97. The lowest BCUT2D eigenvalue weighted by Crippen LogP contribution is -2.47. The maximum atomic E-state index is 8.90. The minimum absolute atomic E-state index is 0.336. The Kier molecular flexibility index (Phi) is 3.41. The van der Waals surface area contributed by atoms with Gasteiger partial charge in [-0.2, -0.15) is 0 Å². The molecule has 1 saturated heterocycles. The molecule has 1 aliphatic heterocycles. The van der Waals surface area contributed by atoms with Crippen LogP contribution in [0.5, 0.6) is 0 Å². The van der Waals surface area contributed by atoms with Crippen molar-refractivity contribution in [2.75, 3.05) is 19.7 Å². The van der Waals surface area contributed by atoms with E-state index >= 15 is 0 Å². The van der Waals surface area contributed by atoms with Crippen molar-refractivity contribution in [3.63, 3.8) is 0 Å². The topological polar surface area (TPSA) is 23.5 Å². The van der Waals surface area contributed by atoms with Gasteiger partial charge in [0.1, 0.15) is 0 Å². The van der Waals surface area contributed by atoms with Crippen LogP contribution in [0.15, 0.2) is 24.3 Å². The van der Waals surface area contributed by atoms with Gasteiger partial charge in [0, 0.05) is 35.7 Å². The van der Waals surface area contributed by atoms with Crippen molar-refractivity contribution in [2.24, 2.45) is 5.92 Å². The second kappa shape index (κ2) is 4.59. The van der Waals surface area contributed by atoms with Crippen LogP contribution in [0.3, 0.4) is 0 Å². The molecule has 2 rings (SSSR count). The molecular formula is C11H14INO. The zero-order valence-electron chi connectivity index (χ0n) is 7.99. The summed E-state index contributed by atoms with van der Waals surface area (Å²) in [4.78, 5) is 2.37. The maximum absolute atomic E-state index is 8.90. The molecule has 1 aromatic rings.